The number of aromatic hydroxyl groups is 1. The van der Waals surface area contributed by atoms with Crippen LogP contribution in [0.15, 0.2) is 35.3 Å². The number of rotatable bonds is 6. The second kappa shape index (κ2) is 7.10. The van der Waals surface area contributed by atoms with E-state index in [2.05, 4.69) is 10.4 Å². The molecule has 0 radical (unpaired) electrons. The SMILES string of the molecule is COCCn1ncc(NCc2ccccc2O)c(Cl)c1=O. The summed E-state index contributed by atoms with van der Waals surface area (Å²) >= 11 is 6.04. The molecule has 1 heterocycles. The fraction of sp³-hybridized carbons (Fsp3) is 0.286. The number of nitrogens with one attached hydrogen (secondary N) is 1. The van der Waals surface area contributed by atoms with Crippen LogP contribution in [0, 0.1) is 0 Å². The first-order valence-electron chi connectivity index (χ1n) is 6.38. The molecule has 0 saturated carbocycles. The van der Waals surface area contributed by atoms with E-state index in [1.165, 1.54) is 10.9 Å². The second-order valence-corrected chi connectivity index (χ2v) is 4.75. The van der Waals surface area contributed by atoms with Gasteiger partial charge in [-0.2, -0.15) is 5.10 Å². The largest absolute Gasteiger partial charge is 0.508 e. The Balaban J connectivity index is 2.13. The molecule has 0 saturated heterocycles. The molecule has 2 rings (SSSR count). The molecular weight excluding hydrogens is 294 g/mol. The predicted octanol–water partition coefficient (Wildman–Crippen LogP) is 1.86. The zero-order valence-electron chi connectivity index (χ0n) is 11.5. The van der Waals surface area contributed by atoms with Crippen molar-refractivity contribution >= 4 is 17.3 Å². The molecule has 0 atom stereocenters. The molecular formula is C14H16ClN3O3. The molecule has 0 aliphatic heterocycles. The van der Waals surface area contributed by atoms with E-state index in [-0.39, 0.29) is 16.3 Å². The standard InChI is InChI=1S/C14H16ClN3O3/c1-21-7-6-18-14(20)13(15)11(9-17-18)16-8-10-4-2-3-5-12(10)19/h2-5,9,16,19H,6-8H2,1H3. The Hall–Kier alpha value is -2.05. The van der Waals surface area contributed by atoms with Crippen molar-refractivity contribution in [3.63, 3.8) is 0 Å². The molecule has 2 N–H and O–H groups in total. The molecule has 21 heavy (non-hydrogen) atoms. The maximum atomic E-state index is 12.0. The fourth-order valence-corrected chi connectivity index (χ4v) is 1.99. The summed E-state index contributed by atoms with van der Waals surface area (Å²) in [7, 11) is 1.55. The van der Waals surface area contributed by atoms with Gasteiger partial charge in [0.05, 0.1) is 25.0 Å². The molecule has 0 aliphatic carbocycles. The number of phenolic OH excluding ortho intramolecular Hbond substituents is 1. The second-order valence-electron chi connectivity index (χ2n) is 4.38. The number of anilines is 1. The highest BCUT2D eigenvalue weighted by molar-refractivity contribution is 6.32. The zero-order chi connectivity index (χ0) is 15.2. The Labute approximate surface area is 126 Å². The molecule has 0 aliphatic rings. The van der Waals surface area contributed by atoms with Gasteiger partial charge in [0, 0.05) is 19.2 Å². The van der Waals surface area contributed by atoms with Crippen LogP contribution in [0.1, 0.15) is 5.56 Å². The van der Waals surface area contributed by atoms with Gasteiger partial charge in [-0.3, -0.25) is 4.79 Å². The minimum atomic E-state index is -0.379. The number of ether oxygens (including phenoxy) is 1. The van der Waals surface area contributed by atoms with Gasteiger partial charge in [0.25, 0.3) is 5.56 Å². The lowest BCUT2D eigenvalue weighted by atomic mass is 10.2. The number of hydrogen-bond acceptors (Lipinski definition) is 5. The topological polar surface area (TPSA) is 76.4 Å². The smallest absolute Gasteiger partial charge is 0.287 e. The molecule has 0 bridgehead atoms. The summed E-state index contributed by atoms with van der Waals surface area (Å²) in [6, 6.07) is 6.94. The third kappa shape index (κ3) is 3.74. The number of nitrogens with zero attached hydrogens (tertiary/aromatic N) is 2. The van der Waals surface area contributed by atoms with Gasteiger partial charge in [-0.1, -0.05) is 29.8 Å². The van der Waals surface area contributed by atoms with Gasteiger partial charge in [-0.15, -0.1) is 0 Å². The van der Waals surface area contributed by atoms with Crippen molar-refractivity contribution in [2.45, 2.75) is 13.1 Å². The van der Waals surface area contributed by atoms with E-state index < -0.39 is 0 Å². The molecule has 2 aromatic rings. The van der Waals surface area contributed by atoms with Crippen molar-refractivity contribution in [1.82, 2.24) is 9.78 Å². The number of phenols is 1. The number of halogens is 1. The van der Waals surface area contributed by atoms with Crippen molar-refractivity contribution < 1.29 is 9.84 Å². The van der Waals surface area contributed by atoms with Crippen LogP contribution in [0.5, 0.6) is 5.75 Å². The summed E-state index contributed by atoms with van der Waals surface area (Å²) in [6.07, 6.45) is 1.49. The van der Waals surface area contributed by atoms with Gasteiger partial charge < -0.3 is 15.2 Å². The van der Waals surface area contributed by atoms with Crippen molar-refractivity contribution in [2.24, 2.45) is 0 Å². The van der Waals surface area contributed by atoms with Gasteiger partial charge >= 0.3 is 0 Å². The Bertz CT molecular complexity index is 673. The van der Waals surface area contributed by atoms with Crippen LogP contribution in [0.4, 0.5) is 5.69 Å². The number of aromatic nitrogens is 2. The van der Waals surface area contributed by atoms with E-state index in [1.807, 2.05) is 6.07 Å². The van der Waals surface area contributed by atoms with Crippen LogP contribution < -0.4 is 10.9 Å². The van der Waals surface area contributed by atoms with Crippen molar-refractivity contribution in [3.8, 4) is 5.75 Å². The summed E-state index contributed by atoms with van der Waals surface area (Å²) in [5, 5.41) is 16.8. The average Bonchev–Trinajstić information content (AvgIpc) is 2.49. The summed E-state index contributed by atoms with van der Waals surface area (Å²) in [6.45, 7) is 1.07. The van der Waals surface area contributed by atoms with Crippen LogP contribution in [0.2, 0.25) is 5.02 Å². The van der Waals surface area contributed by atoms with Crippen LogP contribution in [0.25, 0.3) is 0 Å². The molecule has 112 valence electrons. The maximum absolute atomic E-state index is 12.0. The van der Waals surface area contributed by atoms with Crippen molar-refractivity contribution in [1.29, 1.82) is 0 Å². The first kappa shape index (κ1) is 15.3. The molecule has 0 spiro atoms. The summed E-state index contributed by atoms with van der Waals surface area (Å²) in [5.74, 6) is 0.183. The lowest BCUT2D eigenvalue weighted by Gasteiger charge is -2.11. The first-order valence-corrected chi connectivity index (χ1v) is 6.76. The van der Waals surface area contributed by atoms with E-state index in [9.17, 15) is 9.90 Å². The quantitative estimate of drug-likeness (QED) is 0.852. The molecule has 6 nitrogen and oxygen atoms in total. The van der Waals surface area contributed by atoms with Gasteiger partial charge in [-0.25, -0.2) is 4.68 Å². The summed E-state index contributed by atoms with van der Waals surface area (Å²) in [5.41, 5.74) is 0.756. The van der Waals surface area contributed by atoms with E-state index in [4.69, 9.17) is 16.3 Å². The average molecular weight is 310 g/mol. The van der Waals surface area contributed by atoms with E-state index in [1.54, 1.807) is 25.3 Å². The van der Waals surface area contributed by atoms with Crippen LogP contribution in [0.3, 0.4) is 0 Å². The lowest BCUT2D eigenvalue weighted by molar-refractivity contribution is 0.182. The van der Waals surface area contributed by atoms with Crippen molar-refractivity contribution in [3.05, 3.63) is 51.4 Å². The van der Waals surface area contributed by atoms with E-state index in [0.717, 1.165) is 0 Å². The van der Waals surface area contributed by atoms with Gasteiger partial charge in [-0.05, 0) is 6.07 Å². The normalized spacial score (nSPS) is 10.6. The highest BCUT2D eigenvalue weighted by Crippen LogP contribution is 2.20. The first-order chi connectivity index (χ1) is 10.1. The third-order valence-corrected chi connectivity index (χ3v) is 3.32. The molecule has 1 aromatic heterocycles. The summed E-state index contributed by atoms with van der Waals surface area (Å²) < 4.78 is 6.15. The van der Waals surface area contributed by atoms with Crippen LogP contribution in [-0.2, 0) is 17.8 Å². The zero-order valence-corrected chi connectivity index (χ0v) is 12.3. The Morgan fingerprint density at radius 1 is 1.43 bits per heavy atom. The number of para-hydroxylation sites is 1. The highest BCUT2D eigenvalue weighted by atomic mass is 35.5. The molecule has 1 aromatic carbocycles. The molecule has 7 heteroatoms. The molecule has 0 amide bonds. The highest BCUT2D eigenvalue weighted by Gasteiger charge is 2.09. The third-order valence-electron chi connectivity index (χ3n) is 2.95. The minimum absolute atomic E-state index is 0.0662. The molecule has 0 fully saturated rings. The Morgan fingerprint density at radius 2 is 2.19 bits per heavy atom. The maximum Gasteiger partial charge on any atom is 0.287 e. The molecule has 0 unspecified atom stereocenters. The summed E-state index contributed by atoms with van der Waals surface area (Å²) in [4.78, 5) is 12.0. The van der Waals surface area contributed by atoms with Crippen LogP contribution >= 0.6 is 11.6 Å². The predicted molar refractivity (Wildman–Crippen MR) is 80.8 cm³/mol. The monoisotopic (exact) mass is 309 g/mol. The number of benzene rings is 1. The number of methoxy groups -OCH3 is 1. The Kier molecular flexibility index (Phi) is 5.19. The van der Waals surface area contributed by atoms with E-state index in [0.29, 0.717) is 30.9 Å². The van der Waals surface area contributed by atoms with Gasteiger partial charge in [0.2, 0.25) is 0 Å². The van der Waals surface area contributed by atoms with Crippen molar-refractivity contribution in [2.75, 3.05) is 19.0 Å². The fourth-order valence-electron chi connectivity index (χ4n) is 1.78. The van der Waals surface area contributed by atoms with E-state index >= 15 is 0 Å². The Morgan fingerprint density at radius 3 is 2.90 bits per heavy atom. The minimum Gasteiger partial charge on any atom is -0.508 e. The van der Waals surface area contributed by atoms with Crippen LogP contribution in [-0.4, -0.2) is 28.6 Å². The van der Waals surface area contributed by atoms with Gasteiger partial charge in [0.1, 0.15) is 10.8 Å². The van der Waals surface area contributed by atoms with Gasteiger partial charge in [0.15, 0.2) is 0 Å². The lowest BCUT2D eigenvalue weighted by Crippen LogP contribution is -2.26. The number of hydrogen-bond donors (Lipinski definition) is 2.